The largest absolute Gasteiger partial charge is 0.481 e. The average molecular weight is 215 g/mol. The third-order valence-electron chi connectivity index (χ3n) is 2.95. The number of nitrogens with zero attached hydrogens (tertiary/aromatic N) is 1. The zero-order valence-corrected chi connectivity index (χ0v) is 10.5. The van der Waals surface area contributed by atoms with E-state index in [1.807, 2.05) is 0 Å². The summed E-state index contributed by atoms with van der Waals surface area (Å²) in [4.78, 5) is 12.9. The van der Waals surface area contributed by atoms with Gasteiger partial charge in [0.05, 0.1) is 5.92 Å². The van der Waals surface area contributed by atoms with Crippen LogP contribution < -0.4 is 0 Å². The number of carbonyl (C=O) groups is 1. The number of hydrogen-bond acceptors (Lipinski definition) is 2. The molecule has 1 atom stereocenters. The second kappa shape index (κ2) is 7.69. The highest BCUT2D eigenvalue weighted by Gasteiger charge is 2.09. The first-order chi connectivity index (χ1) is 6.95. The van der Waals surface area contributed by atoms with E-state index < -0.39 is 5.97 Å². The molecule has 0 aliphatic heterocycles. The van der Waals surface area contributed by atoms with Crippen molar-refractivity contribution in [2.24, 2.45) is 5.92 Å². The molecular formula is C12H25NO2. The van der Waals surface area contributed by atoms with Crippen molar-refractivity contribution in [1.82, 2.24) is 4.90 Å². The molecule has 0 aromatic carbocycles. The monoisotopic (exact) mass is 215 g/mol. The number of carboxylic acids is 1. The molecule has 90 valence electrons. The maximum atomic E-state index is 10.6. The number of unbranched alkanes of at least 4 members (excludes halogenated alkanes) is 2. The smallest absolute Gasteiger partial charge is 0.306 e. The molecule has 0 aromatic rings. The fourth-order valence-electron chi connectivity index (χ4n) is 1.37. The van der Waals surface area contributed by atoms with Crippen LogP contribution in [0.5, 0.6) is 0 Å². The Labute approximate surface area is 93.5 Å². The second-order valence-electron chi connectivity index (χ2n) is 4.66. The lowest BCUT2D eigenvalue weighted by Gasteiger charge is -2.20. The van der Waals surface area contributed by atoms with Gasteiger partial charge in [-0.05, 0) is 40.3 Å². The third-order valence-corrected chi connectivity index (χ3v) is 2.95. The summed E-state index contributed by atoms with van der Waals surface area (Å²) in [5, 5.41) is 8.69. The van der Waals surface area contributed by atoms with Crippen molar-refractivity contribution in [1.29, 1.82) is 0 Å². The summed E-state index contributed by atoms with van der Waals surface area (Å²) in [5.41, 5.74) is 0. The molecule has 3 nitrogen and oxygen atoms in total. The van der Waals surface area contributed by atoms with Crippen molar-refractivity contribution in [2.45, 2.75) is 52.5 Å². The number of aliphatic carboxylic acids is 1. The molecular weight excluding hydrogens is 190 g/mol. The Hall–Kier alpha value is -0.570. The minimum absolute atomic E-state index is 0.187. The van der Waals surface area contributed by atoms with Crippen LogP contribution in [-0.2, 0) is 4.79 Å². The predicted octanol–water partition coefficient (Wildman–Crippen LogP) is 2.61. The Kier molecular flexibility index (Phi) is 7.39. The van der Waals surface area contributed by atoms with Crippen LogP contribution in [0.15, 0.2) is 0 Å². The second-order valence-corrected chi connectivity index (χ2v) is 4.66. The van der Waals surface area contributed by atoms with E-state index in [1.54, 1.807) is 6.92 Å². The fourth-order valence-corrected chi connectivity index (χ4v) is 1.37. The van der Waals surface area contributed by atoms with Gasteiger partial charge in [0.2, 0.25) is 0 Å². The van der Waals surface area contributed by atoms with Crippen molar-refractivity contribution in [3.05, 3.63) is 0 Å². The van der Waals surface area contributed by atoms with Gasteiger partial charge in [0.15, 0.2) is 0 Å². The van der Waals surface area contributed by atoms with E-state index in [1.165, 1.54) is 6.42 Å². The van der Waals surface area contributed by atoms with Crippen molar-refractivity contribution in [3.8, 4) is 0 Å². The molecule has 0 heterocycles. The summed E-state index contributed by atoms with van der Waals surface area (Å²) < 4.78 is 0. The van der Waals surface area contributed by atoms with Gasteiger partial charge in [-0.15, -0.1) is 0 Å². The molecule has 0 aliphatic rings. The summed E-state index contributed by atoms with van der Waals surface area (Å²) in [6, 6.07) is 0.600. The summed E-state index contributed by atoms with van der Waals surface area (Å²) in [5.74, 6) is -0.859. The van der Waals surface area contributed by atoms with Crippen LogP contribution in [-0.4, -0.2) is 35.6 Å². The molecule has 0 aliphatic carbocycles. The summed E-state index contributed by atoms with van der Waals surface area (Å²) in [7, 11) is 2.13. The van der Waals surface area contributed by atoms with Gasteiger partial charge < -0.3 is 10.0 Å². The van der Waals surface area contributed by atoms with E-state index in [9.17, 15) is 4.79 Å². The summed E-state index contributed by atoms with van der Waals surface area (Å²) >= 11 is 0. The van der Waals surface area contributed by atoms with E-state index in [0.717, 1.165) is 25.8 Å². The molecule has 1 N–H and O–H groups in total. The van der Waals surface area contributed by atoms with Gasteiger partial charge in [-0.2, -0.15) is 0 Å². The molecule has 0 saturated carbocycles. The first-order valence-electron chi connectivity index (χ1n) is 5.88. The van der Waals surface area contributed by atoms with Crippen molar-refractivity contribution < 1.29 is 9.90 Å². The Morgan fingerprint density at radius 2 is 1.80 bits per heavy atom. The average Bonchev–Trinajstić information content (AvgIpc) is 2.16. The van der Waals surface area contributed by atoms with Crippen LogP contribution in [0.2, 0.25) is 0 Å². The normalized spacial score (nSPS) is 13.5. The fraction of sp³-hybridized carbons (Fsp3) is 0.917. The van der Waals surface area contributed by atoms with E-state index >= 15 is 0 Å². The molecule has 0 saturated heterocycles. The van der Waals surface area contributed by atoms with Crippen LogP contribution in [0.1, 0.15) is 46.5 Å². The minimum Gasteiger partial charge on any atom is -0.481 e. The Bertz CT molecular complexity index is 180. The molecule has 1 unspecified atom stereocenters. The number of carboxylic acid groups (broad SMARTS) is 1. The third kappa shape index (κ3) is 7.37. The number of rotatable bonds is 8. The van der Waals surface area contributed by atoms with Crippen LogP contribution in [0, 0.1) is 5.92 Å². The molecule has 0 amide bonds. The van der Waals surface area contributed by atoms with E-state index in [-0.39, 0.29) is 5.92 Å². The van der Waals surface area contributed by atoms with Gasteiger partial charge >= 0.3 is 5.97 Å². The molecule has 0 spiro atoms. The van der Waals surface area contributed by atoms with Crippen molar-refractivity contribution >= 4 is 5.97 Å². The highest BCUT2D eigenvalue weighted by atomic mass is 16.4. The Balaban J connectivity index is 3.36. The quantitative estimate of drug-likeness (QED) is 0.633. The zero-order valence-electron chi connectivity index (χ0n) is 10.5. The van der Waals surface area contributed by atoms with Gasteiger partial charge in [-0.1, -0.05) is 19.8 Å². The van der Waals surface area contributed by atoms with Crippen LogP contribution >= 0.6 is 0 Å². The Morgan fingerprint density at radius 3 is 2.27 bits per heavy atom. The molecule has 3 heteroatoms. The maximum absolute atomic E-state index is 10.6. The van der Waals surface area contributed by atoms with Crippen LogP contribution in [0.4, 0.5) is 0 Å². The van der Waals surface area contributed by atoms with Gasteiger partial charge in [-0.25, -0.2) is 0 Å². The highest BCUT2D eigenvalue weighted by molar-refractivity contribution is 5.69. The number of hydrogen-bond donors (Lipinski definition) is 1. The van der Waals surface area contributed by atoms with Gasteiger partial charge in [-0.3, -0.25) is 4.79 Å². The highest BCUT2D eigenvalue weighted by Crippen LogP contribution is 2.10. The van der Waals surface area contributed by atoms with Crippen molar-refractivity contribution in [2.75, 3.05) is 13.6 Å². The lowest BCUT2D eigenvalue weighted by molar-refractivity contribution is -0.141. The first-order valence-corrected chi connectivity index (χ1v) is 5.88. The summed E-state index contributed by atoms with van der Waals surface area (Å²) in [6.07, 6.45) is 4.13. The van der Waals surface area contributed by atoms with E-state index in [4.69, 9.17) is 5.11 Å². The topological polar surface area (TPSA) is 40.5 Å². The molecule has 0 rings (SSSR count). The molecule has 15 heavy (non-hydrogen) atoms. The molecule has 0 aromatic heterocycles. The van der Waals surface area contributed by atoms with Gasteiger partial charge in [0, 0.05) is 6.04 Å². The van der Waals surface area contributed by atoms with Crippen LogP contribution in [0.25, 0.3) is 0 Å². The lowest BCUT2D eigenvalue weighted by atomic mass is 10.0. The SMILES string of the molecule is CC(CCCCCN(C)C(C)C)C(=O)O. The standard InChI is InChI=1S/C12H25NO2/c1-10(2)13(4)9-7-5-6-8-11(3)12(14)15/h10-11H,5-9H2,1-4H3,(H,14,15). The lowest BCUT2D eigenvalue weighted by Crippen LogP contribution is -2.27. The Morgan fingerprint density at radius 1 is 1.20 bits per heavy atom. The zero-order chi connectivity index (χ0) is 11.8. The van der Waals surface area contributed by atoms with E-state index in [0.29, 0.717) is 6.04 Å². The predicted molar refractivity (Wildman–Crippen MR) is 63.0 cm³/mol. The van der Waals surface area contributed by atoms with Crippen LogP contribution in [0.3, 0.4) is 0 Å². The molecule has 0 radical (unpaired) electrons. The molecule has 0 fully saturated rings. The first kappa shape index (κ1) is 14.4. The summed E-state index contributed by atoms with van der Waals surface area (Å²) in [6.45, 7) is 7.26. The van der Waals surface area contributed by atoms with E-state index in [2.05, 4.69) is 25.8 Å². The maximum Gasteiger partial charge on any atom is 0.306 e. The van der Waals surface area contributed by atoms with Gasteiger partial charge in [0.1, 0.15) is 0 Å². The van der Waals surface area contributed by atoms with Gasteiger partial charge in [0.25, 0.3) is 0 Å². The minimum atomic E-state index is -0.672. The molecule has 0 bridgehead atoms. The van der Waals surface area contributed by atoms with Crippen molar-refractivity contribution in [3.63, 3.8) is 0 Å².